The molecule has 2 rings (SSSR count). The van der Waals surface area contributed by atoms with Gasteiger partial charge in [0, 0.05) is 0 Å². The van der Waals surface area contributed by atoms with Crippen molar-refractivity contribution in [3.8, 4) is 11.5 Å². The van der Waals surface area contributed by atoms with Crippen LogP contribution in [0.15, 0.2) is 48.5 Å². The van der Waals surface area contributed by atoms with Crippen LogP contribution < -0.4 is 0 Å². The molecule has 0 radical (unpaired) electrons. The molecular weight excluding hydrogens is 545 g/mol. The van der Waals surface area contributed by atoms with Crippen molar-refractivity contribution in [2.24, 2.45) is 0 Å². The number of rotatable bonds is 0. The minimum absolute atomic E-state index is 0.170. The van der Waals surface area contributed by atoms with Crippen LogP contribution in [-0.4, -0.2) is 10.2 Å². The van der Waals surface area contributed by atoms with E-state index < -0.39 is 0 Å². The molecule has 0 fully saturated rings. The molecule has 0 saturated heterocycles. The molecule has 0 aliphatic heterocycles. The topological polar surface area (TPSA) is 40.5 Å². The van der Waals surface area contributed by atoms with Gasteiger partial charge in [0.2, 0.25) is 0 Å². The molecule has 0 amide bonds. The third kappa shape index (κ3) is 11.9. The van der Waals surface area contributed by atoms with Crippen molar-refractivity contribution in [2.75, 3.05) is 0 Å². The predicted octanol–water partition coefficient (Wildman–Crippen LogP) is 5.17. The molecule has 2 aromatic carbocycles. The Morgan fingerprint density at radius 2 is 0.895 bits per heavy atom. The molecule has 2 N–H and O–H groups in total. The Morgan fingerprint density at radius 1 is 0.684 bits per heavy atom. The summed E-state index contributed by atoms with van der Waals surface area (Å²) in [6, 6.07) is 14.2. The zero-order valence-corrected chi connectivity index (χ0v) is 17.5. The maximum absolute atomic E-state index is 8.76. The van der Waals surface area contributed by atoms with E-state index in [4.69, 9.17) is 10.2 Å². The second-order valence-corrected chi connectivity index (χ2v) is 22.7. The van der Waals surface area contributed by atoms with Gasteiger partial charge in [0.1, 0.15) is 11.5 Å². The van der Waals surface area contributed by atoms with E-state index in [1.807, 2.05) is 38.1 Å². The molecule has 5 heteroatoms. The summed E-state index contributed by atoms with van der Waals surface area (Å²) in [5.74, 6) is 0.659. The minimum atomic E-state index is 0.170. The van der Waals surface area contributed by atoms with Crippen molar-refractivity contribution in [2.45, 2.75) is 13.8 Å². The van der Waals surface area contributed by atoms with Gasteiger partial charge in [-0.15, -0.1) is 0 Å². The second kappa shape index (κ2) is 12.1. The van der Waals surface area contributed by atoms with Gasteiger partial charge in [-0.2, -0.15) is 0 Å². The fourth-order valence-corrected chi connectivity index (χ4v) is 1.09. The summed E-state index contributed by atoms with van der Waals surface area (Å²) in [5.41, 5.74) is 2.34. The number of benzene rings is 2. The molecule has 0 bridgehead atoms. The molecule has 0 aliphatic carbocycles. The van der Waals surface area contributed by atoms with Gasteiger partial charge in [-0.3, -0.25) is 0 Å². The summed E-state index contributed by atoms with van der Waals surface area (Å²) >= 11 is 5.06. The van der Waals surface area contributed by atoms with Crippen molar-refractivity contribution in [1.29, 1.82) is 0 Å². The third-order valence-electron chi connectivity index (χ3n) is 2.07. The Balaban J connectivity index is 0.000000284. The van der Waals surface area contributed by atoms with E-state index in [1.54, 1.807) is 24.3 Å². The molecule has 2 nitrogen and oxygen atoms in total. The Bertz CT molecular complexity index is 359. The van der Waals surface area contributed by atoms with Crippen molar-refractivity contribution in [3.05, 3.63) is 59.7 Å². The van der Waals surface area contributed by atoms with E-state index in [2.05, 4.69) is 36.1 Å². The van der Waals surface area contributed by atoms with E-state index in [9.17, 15) is 0 Å². The standard InChI is InChI=1S/2C7H8O.2HI.Zr/c2*1-6-2-4-7(8)5-3-6;;;/h2*2-5,8H,1H3;2*1H;/q;;;;+2/p-2. The summed E-state index contributed by atoms with van der Waals surface area (Å²) in [6.45, 7) is 3.97. The number of phenolic OH excluding ortho intramolecular Hbond substituents is 2. The summed E-state index contributed by atoms with van der Waals surface area (Å²) in [6.07, 6.45) is 0. The molecule has 0 aliphatic rings. The summed E-state index contributed by atoms with van der Waals surface area (Å²) in [4.78, 5) is 0. The van der Waals surface area contributed by atoms with Crippen LogP contribution in [0.3, 0.4) is 0 Å². The first kappa shape index (κ1) is 19.4. The van der Waals surface area contributed by atoms with Crippen LogP contribution in [0.5, 0.6) is 11.5 Å². The Hall–Kier alpha value is 0.383. The normalized spacial score (nSPS) is 8.42. The Labute approximate surface area is 144 Å². The summed E-state index contributed by atoms with van der Waals surface area (Å²) in [7, 11) is 0. The first-order valence-corrected chi connectivity index (χ1v) is 20.1. The molecule has 0 atom stereocenters. The van der Waals surface area contributed by atoms with E-state index >= 15 is 0 Å². The second-order valence-electron chi connectivity index (χ2n) is 3.74. The molecule has 0 saturated carbocycles. The Morgan fingerprint density at radius 3 is 1.05 bits per heavy atom. The van der Waals surface area contributed by atoms with Crippen LogP contribution in [-0.2, 0) is 14.9 Å². The molecule has 0 heterocycles. The fraction of sp³-hybridized carbons (Fsp3) is 0.143. The molecular formula is C14H16I2O2Zr. The molecule has 2 aromatic rings. The van der Waals surface area contributed by atoms with E-state index in [0.717, 1.165) is 0 Å². The van der Waals surface area contributed by atoms with Gasteiger partial charge < -0.3 is 10.2 Å². The molecule has 0 unspecified atom stereocenters. The number of hydrogen-bond donors (Lipinski definition) is 2. The molecule has 0 aromatic heterocycles. The zero-order chi connectivity index (χ0) is 14.7. The predicted molar refractivity (Wildman–Crippen MR) is 93.7 cm³/mol. The maximum atomic E-state index is 8.76. The number of aryl methyl sites for hydroxylation is 2. The van der Waals surface area contributed by atoms with Crippen molar-refractivity contribution in [1.82, 2.24) is 0 Å². The van der Waals surface area contributed by atoms with Crippen molar-refractivity contribution >= 4 is 36.1 Å². The van der Waals surface area contributed by atoms with Gasteiger partial charge in [-0.25, -0.2) is 0 Å². The van der Waals surface area contributed by atoms with Gasteiger partial charge >= 0.3 is 50.9 Å². The average molecular weight is 561 g/mol. The van der Waals surface area contributed by atoms with Crippen LogP contribution in [0.25, 0.3) is 0 Å². The monoisotopic (exact) mass is 560 g/mol. The number of aromatic hydroxyl groups is 2. The van der Waals surface area contributed by atoms with Crippen LogP contribution in [0.1, 0.15) is 11.1 Å². The van der Waals surface area contributed by atoms with Crippen LogP contribution in [0, 0.1) is 13.8 Å². The van der Waals surface area contributed by atoms with Gasteiger partial charge in [-0.1, -0.05) is 35.4 Å². The third-order valence-corrected chi connectivity index (χ3v) is 2.07. The van der Waals surface area contributed by atoms with Gasteiger partial charge in [0.05, 0.1) is 0 Å². The summed E-state index contributed by atoms with van der Waals surface area (Å²) in [5, 5.41) is 17.5. The quantitative estimate of drug-likeness (QED) is 0.436. The Kier molecular flexibility index (Phi) is 12.4. The first-order chi connectivity index (χ1) is 8.99. The van der Waals surface area contributed by atoms with Crippen LogP contribution in [0.2, 0.25) is 0 Å². The average Bonchev–Trinajstić information content (AvgIpc) is 2.38. The van der Waals surface area contributed by atoms with Gasteiger partial charge in [-0.05, 0) is 38.1 Å². The van der Waals surface area contributed by atoms with Gasteiger partial charge in [0.15, 0.2) is 0 Å². The number of phenols is 2. The molecule has 19 heavy (non-hydrogen) atoms. The van der Waals surface area contributed by atoms with Crippen LogP contribution in [0.4, 0.5) is 0 Å². The molecule has 0 spiro atoms. The van der Waals surface area contributed by atoms with E-state index in [-0.39, 0.29) is 14.9 Å². The van der Waals surface area contributed by atoms with E-state index in [1.165, 1.54) is 11.1 Å². The van der Waals surface area contributed by atoms with Crippen LogP contribution >= 0.6 is 36.1 Å². The zero-order valence-electron chi connectivity index (χ0n) is 10.8. The fourth-order valence-electron chi connectivity index (χ4n) is 1.09. The SMILES string of the molecule is Cc1ccc(O)cc1.Cc1ccc(O)cc1.[I][Zr][I]. The van der Waals surface area contributed by atoms with Gasteiger partial charge in [0.25, 0.3) is 0 Å². The van der Waals surface area contributed by atoms with Crippen molar-refractivity contribution < 1.29 is 25.1 Å². The number of hydrogen-bond acceptors (Lipinski definition) is 2. The molecule has 102 valence electrons. The first-order valence-electron chi connectivity index (χ1n) is 5.47. The van der Waals surface area contributed by atoms with E-state index in [0.29, 0.717) is 11.5 Å². The number of halogens is 2. The van der Waals surface area contributed by atoms with Crippen molar-refractivity contribution in [3.63, 3.8) is 0 Å². The summed E-state index contributed by atoms with van der Waals surface area (Å²) < 4.78 is 0.